The van der Waals surface area contributed by atoms with Gasteiger partial charge in [-0.2, -0.15) is 4.99 Å². The van der Waals surface area contributed by atoms with Crippen LogP contribution in [0.25, 0.3) is 11.0 Å². The van der Waals surface area contributed by atoms with Crippen molar-refractivity contribution in [1.82, 2.24) is 14.5 Å². The van der Waals surface area contributed by atoms with Gasteiger partial charge in [-0.25, -0.2) is 14.8 Å². The fraction of sp³-hybridized carbons (Fsp3) is 0.306. The SMILES string of the molecule is CCCCCCOC(=O)/N=C(/N)c1ccc(NCc2nc3cc(C(=O)N(CCC(=O)C(C=O)(C=O)C=O)c4ccccn4)ccc3n2C)cc1. The summed E-state index contributed by atoms with van der Waals surface area (Å²) in [4.78, 5) is 86.6. The van der Waals surface area contributed by atoms with Crippen LogP contribution in [0, 0.1) is 5.41 Å². The lowest BCUT2D eigenvalue weighted by molar-refractivity contribution is -0.142. The van der Waals surface area contributed by atoms with Crippen molar-refractivity contribution >= 4 is 65.0 Å². The molecule has 0 saturated carbocycles. The van der Waals surface area contributed by atoms with Crippen LogP contribution >= 0.6 is 0 Å². The minimum atomic E-state index is -2.41. The number of Topliss-reactive ketones (excluding diaryl/α,β-unsaturated/α-hetero) is 1. The molecular formula is C36H39N7O7. The number of nitrogens with one attached hydrogen (secondary N) is 1. The van der Waals surface area contributed by atoms with Crippen LogP contribution in [0.4, 0.5) is 16.3 Å². The van der Waals surface area contributed by atoms with E-state index in [1.807, 2.05) is 11.6 Å². The molecule has 0 fully saturated rings. The summed E-state index contributed by atoms with van der Waals surface area (Å²) in [6.45, 7) is 2.52. The van der Waals surface area contributed by atoms with E-state index in [1.54, 1.807) is 60.7 Å². The highest BCUT2D eigenvalue weighted by Crippen LogP contribution is 2.22. The van der Waals surface area contributed by atoms with Gasteiger partial charge in [0.1, 0.15) is 36.3 Å². The molecule has 0 aliphatic carbocycles. The fourth-order valence-corrected chi connectivity index (χ4v) is 5.06. The van der Waals surface area contributed by atoms with E-state index in [1.165, 1.54) is 11.1 Å². The summed E-state index contributed by atoms with van der Waals surface area (Å²) < 4.78 is 7.01. The summed E-state index contributed by atoms with van der Waals surface area (Å²) in [5.74, 6) is -0.456. The first kappa shape index (κ1) is 36.8. The van der Waals surface area contributed by atoms with E-state index < -0.39 is 29.6 Å². The van der Waals surface area contributed by atoms with Gasteiger partial charge in [0, 0.05) is 43.0 Å². The number of carbonyl (C=O) groups excluding carboxylic acids is 6. The van der Waals surface area contributed by atoms with E-state index in [-0.39, 0.29) is 42.6 Å². The zero-order valence-electron chi connectivity index (χ0n) is 27.9. The molecule has 4 aromatic rings. The topological polar surface area (TPSA) is 196 Å². The van der Waals surface area contributed by atoms with Crippen LogP contribution in [0.2, 0.25) is 0 Å². The zero-order valence-corrected chi connectivity index (χ0v) is 27.9. The minimum Gasteiger partial charge on any atom is -0.448 e. The lowest BCUT2D eigenvalue weighted by Crippen LogP contribution is -2.40. The Hall–Kier alpha value is -6.05. The maximum absolute atomic E-state index is 13.8. The molecule has 0 spiro atoms. The van der Waals surface area contributed by atoms with Crippen LogP contribution in [-0.2, 0) is 37.5 Å². The smallest absolute Gasteiger partial charge is 0.435 e. The number of aromatic nitrogens is 3. The molecule has 0 saturated heterocycles. The average molecular weight is 682 g/mol. The quantitative estimate of drug-likeness (QED) is 0.0502. The van der Waals surface area contributed by atoms with Crippen molar-refractivity contribution in [3.63, 3.8) is 0 Å². The van der Waals surface area contributed by atoms with Crippen LogP contribution in [0.15, 0.2) is 71.9 Å². The van der Waals surface area contributed by atoms with E-state index in [9.17, 15) is 28.8 Å². The Labute approximate surface area is 288 Å². The third kappa shape index (κ3) is 8.89. The van der Waals surface area contributed by atoms with E-state index >= 15 is 0 Å². The molecule has 0 atom stereocenters. The van der Waals surface area contributed by atoms with Crippen LogP contribution < -0.4 is 16.0 Å². The van der Waals surface area contributed by atoms with Crippen molar-refractivity contribution in [3.8, 4) is 0 Å². The lowest BCUT2D eigenvalue weighted by Gasteiger charge is -2.23. The van der Waals surface area contributed by atoms with E-state index in [4.69, 9.17) is 15.5 Å². The van der Waals surface area contributed by atoms with Crippen LogP contribution in [0.1, 0.15) is 60.8 Å². The van der Waals surface area contributed by atoms with Crippen LogP contribution in [0.3, 0.4) is 0 Å². The molecule has 4 rings (SSSR count). The van der Waals surface area contributed by atoms with Crippen LogP contribution in [-0.4, -0.2) is 70.2 Å². The number of aryl methyl sites for hydroxylation is 1. The summed E-state index contributed by atoms with van der Waals surface area (Å²) in [5.41, 5.74) is 6.50. The molecule has 0 unspecified atom stereocenters. The number of ether oxygens (including phenoxy) is 1. The number of carbonyl (C=O) groups is 6. The summed E-state index contributed by atoms with van der Waals surface area (Å²) >= 11 is 0. The molecule has 0 aliphatic rings. The van der Waals surface area contributed by atoms with Gasteiger partial charge in [0.15, 0.2) is 11.2 Å². The minimum absolute atomic E-state index is 0.00120. The van der Waals surface area contributed by atoms with Crippen molar-refractivity contribution in [2.75, 3.05) is 23.4 Å². The van der Waals surface area contributed by atoms with Crippen molar-refractivity contribution in [2.45, 2.75) is 45.6 Å². The Bertz CT molecular complexity index is 1850. The van der Waals surface area contributed by atoms with Gasteiger partial charge in [-0.05, 0) is 61.0 Å². The van der Waals surface area contributed by atoms with Gasteiger partial charge in [-0.3, -0.25) is 14.5 Å². The summed E-state index contributed by atoms with van der Waals surface area (Å²) in [5, 5.41) is 3.30. The van der Waals surface area contributed by atoms with Crippen molar-refractivity contribution in [3.05, 3.63) is 83.8 Å². The number of benzene rings is 2. The molecule has 2 heterocycles. The number of fused-ring (bicyclic) bond motifs is 1. The van der Waals surface area contributed by atoms with Crippen LogP contribution in [0.5, 0.6) is 0 Å². The third-order valence-corrected chi connectivity index (χ3v) is 8.09. The fourth-order valence-electron chi connectivity index (χ4n) is 5.06. The molecule has 2 aromatic heterocycles. The molecule has 0 radical (unpaired) electrons. The molecule has 0 aliphatic heterocycles. The first-order chi connectivity index (χ1) is 24.2. The second-order valence-corrected chi connectivity index (χ2v) is 11.5. The molecule has 14 heteroatoms. The number of ketones is 1. The highest BCUT2D eigenvalue weighted by Gasteiger charge is 2.38. The van der Waals surface area contributed by atoms with Gasteiger partial charge in [-0.15, -0.1) is 0 Å². The molecule has 2 amide bonds. The standard InChI is InChI=1S/C36H39N7O7/c1-3-4-5-8-19-50-35(49)41-33(37)25-10-13-27(14-11-25)39-21-32-40-28-20-26(12-15-29(28)42(32)2)34(48)43(31-9-6-7-17-38-31)18-16-30(47)36(22-44,23-45)24-46/h6-7,9-15,17,20,22-24,39H,3-5,8,16,18-19,21H2,1-2H3,(H2,37,41,49). The maximum atomic E-state index is 13.8. The molecular weight excluding hydrogens is 642 g/mol. The molecule has 2 aromatic carbocycles. The number of aliphatic imine (C=N–C) groups is 1. The number of rotatable bonds is 18. The number of nitrogens with zero attached hydrogens (tertiary/aromatic N) is 5. The Morgan fingerprint density at radius 3 is 2.36 bits per heavy atom. The second-order valence-electron chi connectivity index (χ2n) is 11.5. The van der Waals surface area contributed by atoms with Gasteiger partial charge in [0.05, 0.1) is 24.2 Å². The zero-order chi connectivity index (χ0) is 36.1. The van der Waals surface area contributed by atoms with Crippen molar-refractivity contribution in [2.24, 2.45) is 23.2 Å². The van der Waals surface area contributed by atoms with E-state index in [2.05, 4.69) is 22.2 Å². The number of hydrogen-bond donors (Lipinski definition) is 2. The number of anilines is 2. The first-order valence-corrected chi connectivity index (χ1v) is 16.1. The Morgan fingerprint density at radius 2 is 1.70 bits per heavy atom. The van der Waals surface area contributed by atoms with Crippen molar-refractivity contribution in [1.29, 1.82) is 0 Å². The Balaban J connectivity index is 1.44. The molecule has 0 bridgehead atoms. The number of amidine groups is 1. The Kier molecular flexibility index (Phi) is 12.8. The van der Waals surface area contributed by atoms with Gasteiger partial charge in [-0.1, -0.05) is 32.3 Å². The number of hydrogen-bond acceptors (Lipinski definition) is 10. The summed E-state index contributed by atoms with van der Waals surface area (Å²) in [7, 11) is 1.85. The van der Waals surface area contributed by atoms with Gasteiger partial charge < -0.3 is 34.7 Å². The predicted molar refractivity (Wildman–Crippen MR) is 187 cm³/mol. The van der Waals surface area contributed by atoms with Gasteiger partial charge in [0.2, 0.25) is 0 Å². The highest BCUT2D eigenvalue weighted by molar-refractivity contribution is 6.24. The summed E-state index contributed by atoms with van der Waals surface area (Å²) in [6, 6.07) is 17.0. The second kappa shape index (κ2) is 17.4. The van der Waals surface area contributed by atoms with Gasteiger partial charge >= 0.3 is 6.09 Å². The Morgan fingerprint density at radius 1 is 0.980 bits per heavy atom. The number of imidazole rings is 1. The number of aldehydes is 3. The highest BCUT2D eigenvalue weighted by atomic mass is 16.5. The maximum Gasteiger partial charge on any atom is 0.435 e. The monoisotopic (exact) mass is 681 g/mol. The third-order valence-electron chi connectivity index (χ3n) is 8.09. The average Bonchev–Trinajstić information content (AvgIpc) is 3.46. The number of pyridine rings is 1. The molecule has 50 heavy (non-hydrogen) atoms. The lowest BCUT2D eigenvalue weighted by atomic mass is 9.86. The largest absolute Gasteiger partial charge is 0.448 e. The van der Waals surface area contributed by atoms with E-state index in [0.29, 0.717) is 30.1 Å². The number of unbranched alkanes of at least 4 members (excludes halogenated alkanes) is 3. The van der Waals surface area contributed by atoms with E-state index in [0.717, 1.165) is 36.9 Å². The summed E-state index contributed by atoms with van der Waals surface area (Å²) in [6.07, 6.45) is 4.28. The first-order valence-electron chi connectivity index (χ1n) is 16.1. The normalized spacial score (nSPS) is 11.5. The van der Waals surface area contributed by atoms with Crippen molar-refractivity contribution < 1.29 is 33.5 Å². The molecule has 3 N–H and O–H groups in total. The predicted octanol–water partition coefficient (Wildman–Crippen LogP) is 4.19. The van der Waals surface area contributed by atoms with Gasteiger partial charge in [0.25, 0.3) is 5.91 Å². The number of amides is 2. The molecule has 260 valence electrons. The number of nitrogens with two attached hydrogens (primary N) is 1. The molecule has 14 nitrogen and oxygen atoms in total.